The second-order valence-corrected chi connectivity index (χ2v) is 10.3. The molecule has 2 heterocycles. The second-order valence-electron chi connectivity index (χ2n) is 8.88. The first-order valence-corrected chi connectivity index (χ1v) is 12.8. The highest BCUT2D eigenvalue weighted by molar-refractivity contribution is 7.15. The molecule has 5 rings (SSSR count). The smallest absolute Gasteiger partial charge is 0.274 e. The number of carbonyl (C=O) groups is 2. The van der Waals surface area contributed by atoms with Gasteiger partial charge in [-0.15, -0.1) is 11.3 Å². The number of nitrogens with zero attached hydrogens (tertiary/aromatic N) is 2. The highest BCUT2D eigenvalue weighted by Gasteiger charge is 2.34. The van der Waals surface area contributed by atoms with E-state index in [0.717, 1.165) is 47.6 Å². The van der Waals surface area contributed by atoms with Gasteiger partial charge in [-0.25, -0.2) is 9.37 Å². The van der Waals surface area contributed by atoms with Crippen LogP contribution in [0.4, 0.5) is 4.39 Å². The molecule has 2 amide bonds. The van der Waals surface area contributed by atoms with Gasteiger partial charge in [0.05, 0.1) is 9.88 Å². The zero-order chi connectivity index (χ0) is 23.7. The number of amides is 2. The summed E-state index contributed by atoms with van der Waals surface area (Å²) in [5.74, 6) is -0.226. The Morgan fingerprint density at radius 1 is 1.12 bits per heavy atom. The van der Waals surface area contributed by atoms with Crippen molar-refractivity contribution in [2.45, 2.75) is 44.1 Å². The van der Waals surface area contributed by atoms with E-state index >= 15 is 0 Å². The first kappa shape index (κ1) is 23.0. The summed E-state index contributed by atoms with van der Waals surface area (Å²) in [5, 5.41) is 4.45. The molecule has 0 radical (unpaired) electrons. The second kappa shape index (κ2) is 9.84. The lowest BCUT2D eigenvalue weighted by atomic mass is 10.0. The van der Waals surface area contributed by atoms with Crippen LogP contribution in [-0.4, -0.2) is 40.8 Å². The molecule has 1 aromatic heterocycles. The Morgan fingerprint density at radius 2 is 1.91 bits per heavy atom. The quantitative estimate of drug-likeness (QED) is 0.461. The zero-order valence-electron chi connectivity index (χ0n) is 18.6. The van der Waals surface area contributed by atoms with Gasteiger partial charge in [-0.05, 0) is 68.0 Å². The minimum absolute atomic E-state index is 0.114. The molecule has 5 nitrogen and oxygen atoms in total. The lowest BCUT2D eigenvalue weighted by Crippen LogP contribution is -2.49. The maximum absolute atomic E-state index is 13.8. The number of halogens is 2. The maximum Gasteiger partial charge on any atom is 0.274 e. The number of carbonyl (C=O) groups excluding carboxylic acids is 2. The summed E-state index contributed by atoms with van der Waals surface area (Å²) in [6, 6.07) is 12.9. The predicted molar refractivity (Wildman–Crippen MR) is 132 cm³/mol. The molecule has 1 saturated carbocycles. The predicted octanol–water partition coefficient (Wildman–Crippen LogP) is 5.90. The van der Waals surface area contributed by atoms with Gasteiger partial charge >= 0.3 is 0 Å². The Morgan fingerprint density at radius 3 is 2.65 bits per heavy atom. The zero-order valence-corrected chi connectivity index (χ0v) is 20.2. The van der Waals surface area contributed by atoms with Crippen LogP contribution in [0.15, 0.2) is 48.5 Å². The first-order chi connectivity index (χ1) is 16.5. The molecule has 0 spiro atoms. The molecule has 1 aliphatic heterocycles. The normalized spacial score (nSPS) is 18.1. The van der Waals surface area contributed by atoms with Gasteiger partial charge in [0.1, 0.15) is 11.5 Å². The van der Waals surface area contributed by atoms with Crippen LogP contribution in [0.3, 0.4) is 0 Å². The van der Waals surface area contributed by atoms with E-state index in [1.54, 1.807) is 36.4 Å². The van der Waals surface area contributed by atoms with E-state index in [1.807, 2.05) is 4.90 Å². The van der Waals surface area contributed by atoms with Gasteiger partial charge < -0.3 is 10.2 Å². The monoisotopic (exact) mass is 497 g/mol. The largest absolute Gasteiger partial charge is 0.350 e. The minimum atomic E-state index is -0.310. The number of likely N-dealkylation sites (tertiary alicyclic amines) is 1. The van der Waals surface area contributed by atoms with Gasteiger partial charge in [0.15, 0.2) is 0 Å². The standard InChI is InChI=1S/C26H25ClFN3O2S/c27-19-5-3-4-18(14-19)24(32)29-15-21-6-1-2-13-31(21)26(33)22-23(16-9-11-20(28)12-10-16)34-25(30-22)17-7-8-17/h3-5,9-12,14,17,21H,1-2,6-8,13,15H2,(H,29,32)/t21-/m0/s1. The Hall–Kier alpha value is -2.77. The Kier molecular flexibility index (Phi) is 6.66. The molecule has 0 unspecified atom stereocenters. The van der Waals surface area contributed by atoms with Crippen LogP contribution in [0.25, 0.3) is 10.4 Å². The molecular weight excluding hydrogens is 473 g/mol. The van der Waals surface area contributed by atoms with Gasteiger partial charge in [-0.1, -0.05) is 29.8 Å². The van der Waals surface area contributed by atoms with E-state index in [-0.39, 0.29) is 23.7 Å². The van der Waals surface area contributed by atoms with E-state index < -0.39 is 0 Å². The van der Waals surface area contributed by atoms with Gasteiger partial charge in [-0.2, -0.15) is 0 Å². The van der Waals surface area contributed by atoms with Crippen LogP contribution in [0.5, 0.6) is 0 Å². The Labute approximate surface area is 207 Å². The number of aromatic nitrogens is 1. The van der Waals surface area contributed by atoms with E-state index in [9.17, 15) is 14.0 Å². The van der Waals surface area contributed by atoms with Crippen LogP contribution in [0.1, 0.15) is 63.9 Å². The molecule has 3 aromatic rings. The van der Waals surface area contributed by atoms with Crippen LogP contribution < -0.4 is 5.32 Å². The van der Waals surface area contributed by atoms with Crippen molar-refractivity contribution in [3.63, 3.8) is 0 Å². The highest BCUT2D eigenvalue weighted by atomic mass is 35.5. The van der Waals surface area contributed by atoms with Crippen LogP contribution >= 0.6 is 22.9 Å². The number of piperidine rings is 1. The molecule has 1 saturated heterocycles. The Balaban J connectivity index is 1.37. The third-order valence-electron chi connectivity index (χ3n) is 6.35. The lowest BCUT2D eigenvalue weighted by molar-refractivity contribution is 0.0598. The molecule has 2 aliphatic rings. The van der Waals surface area contributed by atoms with E-state index in [4.69, 9.17) is 16.6 Å². The molecular formula is C26H25ClFN3O2S. The van der Waals surface area contributed by atoms with Gasteiger partial charge in [-0.3, -0.25) is 9.59 Å². The summed E-state index contributed by atoms with van der Waals surface area (Å²) in [7, 11) is 0. The summed E-state index contributed by atoms with van der Waals surface area (Å²) in [6.07, 6.45) is 4.90. The third-order valence-corrected chi connectivity index (χ3v) is 7.85. The summed E-state index contributed by atoms with van der Waals surface area (Å²) in [5.41, 5.74) is 1.73. The van der Waals surface area contributed by atoms with Crippen molar-refractivity contribution in [1.29, 1.82) is 0 Å². The molecule has 34 heavy (non-hydrogen) atoms. The lowest BCUT2D eigenvalue weighted by Gasteiger charge is -2.35. The number of rotatable bonds is 6. The third kappa shape index (κ3) is 5.00. The molecule has 1 aliphatic carbocycles. The molecule has 8 heteroatoms. The average Bonchev–Trinajstić information content (AvgIpc) is 3.61. The molecule has 1 N–H and O–H groups in total. The van der Waals surface area contributed by atoms with E-state index in [2.05, 4.69) is 5.32 Å². The summed E-state index contributed by atoms with van der Waals surface area (Å²) >= 11 is 7.55. The molecule has 1 atom stereocenters. The summed E-state index contributed by atoms with van der Waals surface area (Å²) in [4.78, 5) is 33.8. The van der Waals surface area contributed by atoms with Crippen molar-refractivity contribution in [3.8, 4) is 10.4 Å². The van der Waals surface area contributed by atoms with E-state index in [0.29, 0.717) is 35.3 Å². The minimum Gasteiger partial charge on any atom is -0.350 e. The average molecular weight is 498 g/mol. The maximum atomic E-state index is 13.8. The number of hydrogen-bond acceptors (Lipinski definition) is 4. The number of benzene rings is 2. The molecule has 2 fully saturated rings. The van der Waals surface area contributed by atoms with Gasteiger partial charge in [0.25, 0.3) is 11.8 Å². The highest BCUT2D eigenvalue weighted by Crippen LogP contribution is 2.45. The van der Waals surface area contributed by atoms with Crippen molar-refractivity contribution in [1.82, 2.24) is 15.2 Å². The van der Waals surface area contributed by atoms with Crippen molar-refractivity contribution in [2.24, 2.45) is 0 Å². The van der Waals surface area contributed by atoms with E-state index in [1.165, 1.54) is 23.5 Å². The first-order valence-electron chi connectivity index (χ1n) is 11.6. The van der Waals surface area contributed by atoms with Crippen molar-refractivity contribution >= 4 is 34.8 Å². The van der Waals surface area contributed by atoms with Gasteiger partial charge in [0.2, 0.25) is 0 Å². The van der Waals surface area contributed by atoms with Crippen molar-refractivity contribution < 1.29 is 14.0 Å². The van der Waals surface area contributed by atoms with Crippen LogP contribution in [-0.2, 0) is 0 Å². The fourth-order valence-corrected chi connectivity index (χ4v) is 5.76. The number of hydrogen-bond donors (Lipinski definition) is 1. The fourth-order valence-electron chi connectivity index (χ4n) is 4.34. The van der Waals surface area contributed by atoms with Gasteiger partial charge in [0, 0.05) is 35.6 Å². The summed E-state index contributed by atoms with van der Waals surface area (Å²) in [6.45, 7) is 0.984. The SMILES string of the molecule is O=C(NC[C@@H]1CCCCN1C(=O)c1nc(C2CC2)sc1-c1ccc(F)cc1)c1cccc(Cl)c1. The van der Waals surface area contributed by atoms with Crippen LogP contribution in [0, 0.1) is 5.82 Å². The topological polar surface area (TPSA) is 62.3 Å². The van der Waals surface area contributed by atoms with Crippen molar-refractivity contribution in [2.75, 3.05) is 13.1 Å². The van der Waals surface area contributed by atoms with Crippen molar-refractivity contribution in [3.05, 3.63) is 75.6 Å². The molecule has 2 aromatic carbocycles. The fraction of sp³-hybridized carbons (Fsp3) is 0.346. The number of thiazole rings is 1. The van der Waals surface area contributed by atoms with Crippen LogP contribution in [0.2, 0.25) is 5.02 Å². The molecule has 0 bridgehead atoms. The Bertz CT molecular complexity index is 1210. The molecule has 176 valence electrons. The summed E-state index contributed by atoms with van der Waals surface area (Å²) < 4.78 is 13.5. The number of nitrogens with one attached hydrogen (secondary N) is 1.